The first-order chi connectivity index (χ1) is 9.08. The minimum Gasteiger partial charge on any atom is -0.493 e. The van der Waals surface area contributed by atoms with Gasteiger partial charge in [-0.15, -0.1) is 0 Å². The minimum absolute atomic E-state index is 0.199. The van der Waals surface area contributed by atoms with Crippen LogP contribution in [-0.4, -0.2) is 37.9 Å². The number of ether oxygens (including phenoxy) is 1. The van der Waals surface area contributed by atoms with Crippen LogP contribution in [-0.2, 0) is 6.42 Å². The second-order valence-corrected chi connectivity index (χ2v) is 5.00. The van der Waals surface area contributed by atoms with Gasteiger partial charge in [-0.25, -0.2) is 0 Å². The van der Waals surface area contributed by atoms with E-state index in [4.69, 9.17) is 4.74 Å². The van der Waals surface area contributed by atoms with Crippen LogP contribution < -0.4 is 4.74 Å². The van der Waals surface area contributed by atoms with Gasteiger partial charge in [0.05, 0.1) is 6.61 Å². The number of carbonyl (C=O) groups is 1. The van der Waals surface area contributed by atoms with Gasteiger partial charge >= 0.3 is 0 Å². The maximum atomic E-state index is 12.1. The normalized spacial score (nSPS) is 10.8. The Balaban J connectivity index is 2.78. The van der Waals surface area contributed by atoms with E-state index in [9.17, 15) is 4.79 Å². The van der Waals surface area contributed by atoms with Crippen LogP contribution in [0.2, 0.25) is 0 Å². The van der Waals surface area contributed by atoms with Gasteiger partial charge in [-0.3, -0.25) is 4.79 Å². The number of benzene rings is 1. The smallest absolute Gasteiger partial charge is 0.164 e. The van der Waals surface area contributed by atoms with Crippen LogP contribution in [0.5, 0.6) is 5.75 Å². The van der Waals surface area contributed by atoms with Crippen molar-refractivity contribution in [3.05, 3.63) is 29.3 Å². The van der Waals surface area contributed by atoms with Crippen LogP contribution >= 0.6 is 0 Å². The lowest BCUT2D eigenvalue weighted by Gasteiger charge is -2.12. The molecule has 0 amide bonds. The quantitative estimate of drug-likeness (QED) is 0.675. The molecule has 1 rings (SSSR count). The summed E-state index contributed by atoms with van der Waals surface area (Å²) in [5.74, 6) is 1.11. The summed E-state index contributed by atoms with van der Waals surface area (Å²) < 4.78 is 5.69. The number of ketones is 1. The van der Waals surface area contributed by atoms with Gasteiger partial charge < -0.3 is 9.64 Å². The molecule has 0 aromatic heterocycles. The molecule has 1 aromatic rings. The van der Waals surface area contributed by atoms with Gasteiger partial charge in [-0.2, -0.15) is 0 Å². The highest BCUT2D eigenvalue weighted by atomic mass is 16.5. The molecule has 0 saturated carbocycles. The SMILES string of the molecule is CCCOc1ccc(C(=O)CCN(C)C)cc1CC. The molecule has 0 spiro atoms. The summed E-state index contributed by atoms with van der Waals surface area (Å²) in [5, 5.41) is 0. The van der Waals surface area contributed by atoms with Crippen molar-refractivity contribution in [3.8, 4) is 5.75 Å². The maximum absolute atomic E-state index is 12.1. The summed E-state index contributed by atoms with van der Waals surface area (Å²) in [6, 6.07) is 5.78. The fourth-order valence-electron chi connectivity index (χ4n) is 1.85. The lowest BCUT2D eigenvalue weighted by Crippen LogP contribution is -2.16. The highest BCUT2D eigenvalue weighted by Crippen LogP contribution is 2.22. The van der Waals surface area contributed by atoms with E-state index in [0.717, 1.165) is 42.9 Å². The van der Waals surface area contributed by atoms with Crippen molar-refractivity contribution in [1.82, 2.24) is 4.90 Å². The molecule has 0 N–H and O–H groups in total. The molecule has 0 heterocycles. The molecular weight excluding hydrogens is 238 g/mol. The molecule has 0 radical (unpaired) electrons. The van der Waals surface area contributed by atoms with E-state index in [1.54, 1.807) is 0 Å². The van der Waals surface area contributed by atoms with Crippen molar-refractivity contribution in [2.24, 2.45) is 0 Å². The topological polar surface area (TPSA) is 29.5 Å². The van der Waals surface area contributed by atoms with Gasteiger partial charge in [0, 0.05) is 18.5 Å². The predicted molar refractivity (Wildman–Crippen MR) is 79.1 cm³/mol. The molecule has 0 aliphatic rings. The summed E-state index contributed by atoms with van der Waals surface area (Å²) >= 11 is 0. The van der Waals surface area contributed by atoms with Crippen LogP contribution in [0.4, 0.5) is 0 Å². The van der Waals surface area contributed by atoms with Crippen molar-refractivity contribution >= 4 is 5.78 Å². The van der Waals surface area contributed by atoms with E-state index in [0.29, 0.717) is 6.42 Å². The van der Waals surface area contributed by atoms with Crippen molar-refractivity contribution in [2.75, 3.05) is 27.2 Å². The van der Waals surface area contributed by atoms with Crippen LogP contribution in [0.25, 0.3) is 0 Å². The van der Waals surface area contributed by atoms with Gasteiger partial charge in [0.1, 0.15) is 5.75 Å². The lowest BCUT2D eigenvalue weighted by molar-refractivity contribution is 0.0972. The summed E-state index contributed by atoms with van der Waals surface area (Å²) in [4.78, 5) is 14.1. The fraction of sp³-hybridized carbons (Fsp3) is 0.562. The van der Waals surface area contributed by atoms with Gasteiger partial charge in [-0.05, 0) is 50.7 Å². The molecule has 1 aromatic carbocycles. The molecule has 3 heteroatoms. The number of hydrogen-bond acceptors (Lipinski definition) is 3. The Morgan fingerprint density at radius 2 is 2.00 bits per heavy atom. The standard InChI is InChI=1S/C16H25NO2/c1-5-11-19-16-8-7-14(12-13(16)6-2)15(18)9-10-17(3)4/h7-8,12H,5-6,9-11H2,1-4H3. The fourth-order valence-corrected chi connectivity index (χ4v) is 1.85. The molecule has 0 aliphatic carbocycles. The molecule has 0 aliphatic heterocycles. The Bertz CT molecular complexity index is 413. The third-order valence-electron chi connectivity index (χ3n) is 3.01. The first-order valence-electron chi connectivity index (χ1n) is 7.02. The lowest BCUT2D eigenvalue weighted by atomic mass is 10.0. The van der Waals surface area contributed by atoms with E-state index in [2.05, 4.69) is 13.8 Å². The third kappa shape index (κ3) is 5.03. The first-order valence-corrected chi connectivity index (χ1v) is 7.02. The summed E-state index contributed by atoms with van der Waals surface area (Å²) in [5.41, 5.74) is 1.91. The minimum atomic E-state index is 0.199. The second kappa shape index (κ2) is 7.95. The zero-order chi connectivity index (χ0) is 14.3. The summed E-state index contributed by atoms with van der Waals surface area (Å²) in [6.45, 7) is 5.68. The van der Waals surface area contributed by atoms with Gasteiger partial charge in [-0.1, -0.05) is 13.8 Å². The van der Waals surface area contributed by atoms with Crippen molar-refractivity contribution in [3.63, 3.8) is 0 Å². The van der Waals surface area contributed by atoms with Crippen LogP contribution in [0.3, 0.4) is 0 Å². The molecule has 0 unspecified atom stereocenters. The zero-order valence-electron chi connectivity index (χ0n) is 12.5. The monoisotopic (exact) mass is 263 g/mol. The third-order valence-corrected chi connectivity index (χ3v) is 3.01. The largest absolute Gasteiger partial charge is 0.493 e. The van der Waals surface area contributed by atoms with Crippen LogP contribution in [0, 0.1) is 0 Å². The van der Waals surface area contributed by atoms with Gasteiger partial charge in [0.2, 0.25) is 0 Å². The van der Waals surface area contributed by atoms with E-state index in [-0.39, 0.29) is 5.78 Å². The molecule has 106 valence electrons. The van der Waals surface area contributed by atoms with Crippen molar-refractivity contribution in [1.29, 1.82) is 0 Å². The average Bonchev–Trinajstić information content (AvgIpc) is 2.42. The number of hydrogen-bond donors (Lipinski definition) is 0. The molecular formula is C16H25NO2. The van der Waals surface area contributed by atoms with E-state index in [1.807, 2.05) is 37.2 Å². The van der Waals surface area contributed by atoms with Gasteiger partial charge in [0.25, 0.3) is 0 Å². The van der Waals surface area contributed by atoms with Crippen LogP contribution in [0.15, 0.2) is 18.2 Å². The summed E-state index contributed by atoms with van der Waals surface area (Å²) in [6.07, 6.45) is 2.44. The molecule has 3 nitrogen and oxygen atoms in total. The molecule has 19 heavy (non-hydrogen) atoms. The number of aryl methyl sites for hydroxylation is 1. The van der Waals surface area contributed by atoms with Crippen molar-refractivity contribution in [2.45, 2.75) is 33.1 Å². The first kappa shape index (κ1) is 15.7. The molecule has 0 saturated heterocycles. The average molecular weight is 263 g/mol. The number of Topliss-reactive ketones (excluding diaryl/α,β-unsaturated/α-hetero) is 1. The van der Waals surface area contributed by atoms with Crippen molar-refractivity contribution < 1.29 is 9.53 Å². The number of carbonyl (C=O) groups excluding carboxylic acids is 1. The van der Waals surface area contributed by atoms with Crippen LogP contribution in [0.1, 0.15) is 42.6 Å². The Labute approximate surface area is 116 Å². The second-order valence-electron chi connectivity index (χ2n) is 5.00. The highest BCUT2D eigenvalue weighted by molar-refractivity contribution is 5.96. The van der Waals surface area contributed by atoms with E-state index < -0.39 is 0 Å². The van der Waals surface area contributed by atoms with Gasteiger partial charge in [0.15, 0.2) is 5.78 Å². The van der Waals surface area contributed by atoms with E-state index in [1.165, 1.54) is 0 Å². The molecule has 0 fully saturated rings. The molecule has 0 bridgehead atoms. The Hall–Kier alpha value is -1.35. The van der Waals surface area contributed by atoms with E-state index >= 15 is 0 Å². The zero-order valence-corrected chi connectivity index (χ0v) is 12.5. The Morgan fingerprint density at radius 1 is 1.26 bits per heavy atom. The highest BCUT2D eigenvalue weighted by Gasteiger charge is 2.10. The molecule has 0 atom stereocenters. The Kier molecular flexibility index (Phi) is 6.57. The maximum Gasteiger partial charge on any atom is 0.164 e. The summed E-state index contributed by atoms with van der Waals surface area (Å²) in [7, 11) is 3.96. The predicted octanol–water partition coefficient (Wildman–Crippen LogP) is 3.17. The Morgan fingerprint density at radius 3 is 2.58 bits per heavy atom. The number of nitrogens with zero attached hydrogens (tertiary/aromatic N) is 1. The number of rotatable bonds is 8.